The predicted octanol–water partition coefficient (Wildman–Crippen LogP) is 7.47. The highest BCUT2D eigenvalue weighted by Crippen LogP contribution is 2.42. The highest BCUT2D eigenvalue weighted by molar-refractivity contribution is 7.99. The van der Waals surface area contributed by atoms with Crippen molar-refractivity contribution in [2.45, 2.75) is 55.7 Å². The Kier molecular flexibility index (Phi) is 9.60. The van der Waals surface area contributed by atoms with E-state index in [1.54, 1.807) is 21.3 Å². The average Bonchev–Trinajstić information content (AvgIpc) is 2.92. The van der Waals surface area contributed by atoms with Crippen LogP contribution < -0.4 is 14.2 Å². The fraction of sp³-hybridized carbons (Fsp3) is 0.419. The Balaban J connectivity index is 1.32. The average molecular weight is 506 g/mol. The number of thioether (sulfide) groups is 1. The molecule has 0 spiro atoms. The van der Waals surface area contributed by atoms with Gasteiger partial charge in [0.15, 0.2) is 11.5 Å². The third-order valence-corrected chi connectivity index (χ3v) is 8.36. The van der Waals surface area contributed by atoms with Crippen LogP contribution in [0.25, 0.3) is 0 Å². The fourth-order valence-corrected chi connectivity index (χ4v) is 6.06. The third-order valence-electron chi connectivity index (χ3n) is 7.02. The Morgan fingerprint density at radius 3 is 2.36 bits per heavy atom. The lowest BCUT2D eigenvalue weighted by Crippen LogP contribution is -2.31. The Morgan fingerprint density at radius 1 is 0.806 bits per heavy atom. The van der Waals surface area contributed by atoms with Gasteiger partial charge in [0.25, 0.3) is 0 Å². The fourth-order valence-electron chi connectivity index (χ4n) is 4.88. The molecule has 0 aromatic heterocycles. The van der Waals surface area contributed by atoms with Crippen LogP contribution in [0.15, 0.2) is 65.6 Å². The van der Waals surface area contributed by atoms with Gasteiger partial charge in [-0.05, 0) is 85.8 Å². The summed E-state index contributed by atoms with van der Waals surface area (Å²) in [6, 6.07) is 21.7. The van der Waals surface area contributed by atoms with E-state index in [-0.39, 0.29) is 0 Å². The quantitative estimate of drug-likeness (QED) is 0.188. The lowest BCUT2D eigenvalue weighted by molar-refractivity contribution is 0.247. The number of unbranched alkanes of at least 4 members (excludes halogenated alkanes) is 2. The minimum absolute atomic E-state index is 0.379. The van der Waals surface area contributed by atoms with Gasteiger partial charge in [-0.2, -0.15) is 0 Å². The van der Waals surface area contributed by atoms with Gasteiger partial charge in [-0.3, -0.25) is 4.90 Å². The maximum absolute atomic E-state index is 5.59. The molecule has 0 aliphatic carbocycles. The van der Waals surface area contributed by atoms with Crippen LogP contribution in [0.2, 0.25) is 0 Å². The molecule has 0 saturated carbocycles. The maximum Gasteiger partial charge on any atom is 0.161 e. The minimum atomic E-state index is 0.379. The number of fused-ring (bicyclic) bond motifs is 1. The number of hydrogen-bond donors (Lipinski definition) is 0. The standard InChI is InChI=1S/C31H39NO3S/c1-23-9-14-28(15-10-23)36-31(25-12-16-29(34-3)30(21-25)35-4)8-6-5-7-18-32-19-17-24-20-27(33-2)13-11-26(24)22-32/h9-16,20-21,31H,5-8,17-19,22H2,1-4H3. The van der Waals surface area contributed by atoms with E-state index in [0.717, 1.165) is 49.7 Å². The van der Waals surface area contributed by atoms with Gasteiger partial charge in [0, 0.05) is 23.2 Å². The zero-order chi connectivity index (χ0) is 25.3. The molecule has 1 heterocycles. The Labute approximate surface area is 221 Å². The molecule has 1 aliphatic rings. The molecule has 0 bridgehead atoms. The van der Waals surface area contributed by atoms with E-state index in [4.69, 9.17) is 14.2 Å². The normalized spacial score (nSPS) is 14.2. The first kappa shape index (κ1) is 26.4. The van der Waals surface area contributed by atoms with E-state index in [9.17, 15) is 0 Å². The number of nitrogens with zero attached hydrogens (tertiary/aromatic N) is 1. The summed E-state index contributed by atoms with van der Waals surface area (Å²) in [5.41, 5.74) is 5.48. The van der Waals surface area contributed by atoms with Crippen molar-refractivity contribution in [2.75, 3.05) is 34.4 Å². The lowest BCUT2D eigenvalue weighted by atomic mass is 9.99. The van der Waals surface area contributed by atoms with E-state index < -0.39 is 0 Å². The number of benzene rings is 3. The molecule has 192 valence electrons. The number of ether oxygens (including phenoxy) is 3. The molecule has 0 amide bonds. The first-order valence-electron chi connectivity index (χ1n) is 12.9. The maximum atomic E-state index is 5.59. The van der Waals surface area contributed by atoms with Gasteiger partial charge in [-0.1, -0.05) is 42.7 Å². The second kappa shape index (κ2) is 13.1. The molecular formula is C31H39NO3S. The van der Waals surface area contributed by atoms with Crippen LogP contribution in [-0.4, -0.2) is 39.3 Å². The molecule has 0 radical (unpaired) electrons. The predicted molar refractivity (Wildman–Crippen MR) is 150 cm³/mol. The topological polar surface area (TPSA) is 30.9 Å². The zero-order valence-electron chi connectivity index (χ0n) is 22.1. The molecular weight excluding hydrogens is 466 g/mol. The van der Waals surface area contributed by atoms with Crippen molar-refractivity contribution in [3.05, 3.63) is 82.9 Å². The minimum Gasteiger partial charge on any atom is -0.497 e. The summed E-state index contributed by atoms with van der Waals surface area (Å²) in [6.07, 6.45) is 5.93. The second-order valence-corrected chi connectivity index (χ2v) is 10.8. The highest BCUT2D eigenvalue weighted by atomic mass is 32.2. The summed E-state index contributed by atoms with van der Waals surface area (Å²) in [4.78, 5) is 3.91. The third kappa shape index (κ3) is 6.98. The molecule has 1 unspecified atom stereocenters. The number of rotatable bonds is 12. The summed E-state index contributed by atoms with van der Waals surface area (Å²) in [6.45, 7) is 5.49. The monoisotopic (exact) mass is 505 g/mol. The number of methoxy groups -OCH3 is 3. The van der Waals surface area contributed by atoms with E-state index >= 15 is 0 Å². The highest BCUT2D eigenvalue weighted by Gasteiger charge is 2.18. The van der Waals surface area contributed by atoms with Crippen molar-refractivity contribution in [1.29, 1.82) is 0 Å². The number of hydrogen-bond acceptors (Lipinski definition) is 5. The van der Waals surface area contributed by atoms with Gasteiger partial charge in [-0.25, -0.2) is 0 Å². The summed E-state index contributed by atoms with van der Waals surface area (Å²) in [5, 5.41) is 0.379. The van der Waals surface area contributed by atoms with Crippen LogP contribution in [0.5, 0.6) is 17.2 Å². The van der Waals surface area contributed by atoms with E-state index in [2.05, 4.69) is 66.4 Å². The Bertz CT molecular complexity index is 1120. The van der Waals surface area contributed by atoms with E-state index in [1.807, 2.05) is 17.8 Å². The van der Waals surface area contributed by atoms with Crippen molar-refractivity contribution in [3.8, 4) is 17.2 Å². The molecule has 4 nitrogen and oxygen atoms in total. The van der Waals surface area contributed by atoms with Gasteiger partial charge in [0.1, 0.15) is 5.75 Å². The van der Waals surface area contributed by atoms with E-state index in [1.165, 1.54) is 46.4 Å². The molecule has 1 aliphatic heterocycles. The van der Waals surface area contributed by atoms with E-state index in [0.29, 0.717) is 5.25 Å². The van der Waals surface area contributed by atoms with Gasteiger partial charge in [0.2, 0.25) is 0 Å². The second-order valence-electron chi connectivity index (χ2n) is 9.54. The van der Waals surface area contributed by atoms with Crippen molar-refractivity contribution < 1.29 is 14.2 Å². The van der Waals surface area contributed by atoms with Gasteiger partial charge >= 0.3 is 0 Å². The first-order chi connectivity index (χ1) is 17.6. The van der Waals surface area contributed by atoms with Gasteiger partial charge in [0.05, 0.1) is 21.3 Å². The molecule has 1 atom stereocenters. The van der Waals surface area contributed by atoms with Crippen LogP contribution in [0.1, 0.15) is 53.2 Å². The van der Waals surface area contributed by atoms with Crippen LogP contribution in [-0.2, 0) is 13.0 Å². The molecule has 4 rings (SSSR count). The van der Waals surface area contributed by atoms with Crippen molar-refractivity contribution in [3.63, 3.8) is 0 Å². The lowest BCUT2D eigenvalue weighted by Gasteiger charge is -2.29. The van der Waals surface area contributed by atoms with Gasteiger partial charge < -0.3 is 14.2 Å². The van der Waals surface area contributed by atoms with Crippen LogP contribution in [0, 0.1) is 6.92 Å². The number of aryl methyl sites for hydroxylation is 1. The SMILES string of the molecule is COc1ccc2c(c1)CCN(CCCCCC(Sc1ccc(C)cc1)c1ccc(OC)c(OC)c1)C2. The Hall–Kier alpha value is -2.63. The molecule has 0 fully saturated rings. The van der Waals surface area contributed by atoms with Crippen molar-refractivity contribution in [1.82, 2.24) is 4.90 Å². The molecule has 0 saturated heterocycles. The molecule has 36 heavy (non-hydrogen) atoms. The molecule has 0 N–H and O–H groups in total. The summed E-state index contributed by atoms with van der Waals surface area (Å²) in [5.74, 6) is 2.55. The van der Waals surface area contributed by atoms with Crippen LogP contribution >= 0.6 is 11.8 Å². The molecule has 3 aromatic carbocycles. The van der Waals surface area contributed by atoms with Crippen LogP contribution in [0.4, 0.5) is 0 Å². The molecule has 3 aromatic rings. The summed E-state index contributed by atoms with van der Waals surface area (Å²) < 4.78 is 16.4. The summed E-state index contributed by atoms with van der Waals surface area (Å²) >= 11 is 1.95. The van der Waals surface area contributed by atoms with Crippen molar-refractivity contribution in [2.24, 2.45) is 0 Å². The largest absolute Gasteiger partial charge is 0.497 e. The first-order valence-corrected chi connectivity index (χ1v) is 13.8. The van der Waals surface area contributed by atoms with Crippen molar-refractivity contribution >= 4 is 11.8 Å². The van der Waals surface area contributed by atoms with Gasteiger partial charge in [-0.15, -0.1) is 11.8 Å². The summed E-state index contributed by atoms with van der Waals surface area (Å²) in [7, 11) is 5.14. The Morgan fingerprint density at radius 2 is 1.61 bits per heavy atom. The zero-order valence-corrected chi connectivity index (χ0v) is 22.9. The van der Waals surface area contributed by atoms with Crippen LogP contribution in [0.3, 0.4) is 0 Å². The molecule has 5 heteroatoms. The smallest absolute Gasteiger partial charge is 0.161 e.